The standard InChI is InChI=1S/C13H12ClFN4S/c1-7-17-8(6-20-7)2-3-19-12-4-9(14)10(15)5-11(12)18-13(19)16/h4-6H,2-3H2,1H3,(H2,16,18). The summed E-state index contributed by atoms with van der Waals surface area (Å²) >= 11 is 7.44. The highest BCUT2D eigenvalue weighted by molar-refractivity contribution is 7.09. The molecule has 0 unspecified atom stereocenters. The van der Waals surface area contributed by atoms with E-state index in [1.807, 2.05) is 16.9 Å². The minimum Gasteiger partial charge on any atom is -0.369 e. The Morgan fingerprint density at radius 1 is 1.40 bits per heavy atom. The van der Waals surface area contributed by atoms with Gasteiger partial charge in [0.05, 0.1) is 26.8 Å². The zero-order chi connectivity index (χ0) is 14.3. The first-order chi connectivity index (χ1) is 9.54. The number of aryl methyl sites for hydroxylation is 3. The highest BCUT2D eigenvalue weighted by Gasteiger charge is 2.12. The molecule has 0 radical (unpaired) electrons. The fourth-order valence-electron chi connectivity index (χ4n) is 2.12. The van der Waals surface area contributed by atoms with Gasteiger partial charge in [0.25, 0.3) is 0 Å². The summed E-state index contributed by atoms with van der Waals surface area (Å²) < 4.78 is 15.2. The highest BCUT2D eigenvalue weighted by Crippen LogP contribution is 2.25. The molecule has 0 aliphatic carbocycles. The number of nitrogens with zero attached hydrogens (tertiary/aromatic N) is 3. The normalized spacial score (nSPS) is 11.3. The number of imidazole rings is 1. The van der Waals surface area contributed by atoms with Gasteiger partial charge in [0.15, 0.2) is 0 Å². The molecular weight excluding hydrogens is 299 g/mol. The van der Waals surface area contributed by atoms with Crippen LogP contribution in [0.3, 0.4) is 0 Å². The molecule has 2 N–H and O–H groups in total. The van der Waals surface area contributed by atoms with Crippen molar-refractivity contribution in [2.75, 3.05) is 5.73 Å². The summed E-state index contributed by atoms with van der Waals surface area (Å²) in [5.41, 5.74) is 8.16. The van der Waals surface area contributed by atoms with E-state index >= 15 is 0 Å². The van der Waals surface area contributed by atoms with Gasteiger partial charge >= 0.3 is 0 Å². The Kier molecular flexibility index (Phi) is 3.35. The molecule has 0 atom stereocenters. The number of anilines is 1. The first-order valence-corrected chi connectivity index (χ1v) is 7.32. The molecule has 4 nitrogen and oxygen atoms in total. The molecule has 0 saturated carbocycles. The van der Waals surface area contributed by atoms with E-state index in [0.717, 1.165) is 22.6 Å². The number of nitrogens with two attached hydrogens (primary N) is 1. The summed E-state index contributed by atoms with van der Waals surface area (Å²) in [6.45, 7) is 2.60. The maximum absolute atomic E-state index is 13.4. The third-order valence-electron chi connectivity index (χ3n) is 3.08. The number of benzene rings is 1. The monoisotopic (exact) mass is 310 g/mol. The quantitative estimate of drug-likeness (QED) is 0.806. The lowest BCUT2D eigenvalue weighted by Gasteiger charge is -2.05. The SMILES string of the molecule is Cc1nc(CCn2c(N)nc3cc(F)c(Cl)cc32)cs1. The Morgan fingerprint density at radius 2 is 2.20 bits per heavy atom. The first-order valence-electron chi connectivity index (χ1n) is 6.06. The molecule has 2 heterocycles. The zero-order valence-electron chi connectivity index (χ0n) is 10.7. The van der Waals surface area contributed by atoms with Crippen LogP contribution in [0.15, 0.2) is 17.5 Å². The molecule has 2 aromatic heterocycles. The topological polar surface area (TPSA) is 56.7 Å². The Hall–Kier alpha value is -1.66. The van der Waals surface area contributed by atoms with E-state index in [1.165, 1.54) is 6.07 Å². The predicted molar refractivity (Wildman–Crippen MR) is 79.7 cm³/mol. The van der Waals surface area contributed by atoms with Crippen molar-refractivity contribution in [1.29, 1.82) is 0 Å². The lowest BCUT2D eigenvalue weighted by Crippen LogP contribution is -2.06. The van der Waals surface area contributed by atoms with Crippen molar-refractivity contribution in [3.8, 4) is 0 Å². The Morgan fingerprint density at radius 3 is 2.90 bits per heavy atom. The molecule has 0 fully saturated rings. The number of fused-ring (bicyclic) bond motifs is 1. The number of halogens is 2. The van der Waals surface area contributed by atoms with E-state index in [2.05, 4.69) is 9.97 Å². The van der Waals surface area contributed by atoms with Crippen molar-refractivity contribution in [2.24, 2.45) is 0 Å². The van der Waals surface area contributed by atoms with Crippen LogP contribution in [-0.4, -0.2) is 14.5 Å². The van der Waals surface area contributed by atoms with E-state index in [0.29, 0.717) is 18.0 Å². The fourth-order valence-corrected chi connectivity index (χ4v) is 2.93. The molecule has 0 bridgehead atoms. The van der Waals surface area contributed by atoms with Crippen LogP contribution in [0.5, 0.6) is 0 Å². The van der Waals surface area contributed by atoms with Crippen molar-refractivity contribution < 1.29 is 4.39 Å². The molecule has 0 spiro atoms. The number of hydrogen-bond donors (Lipinski definition) is 1. The van der Waals surface area contributed by atoms with Crippen molar-refractivity contribution in [2.45, 2.75) is 19.9 Å². The number of aromatic nitrogens is 3. The molecule has 104 valence electrons. The summed E-state index contributed by atoms with van der Waals surface area (Å²) in [5.74, 6) is -0.132. The summed E-state index contributed by atoms with van der Waals surface area (Å²) in [6, 6.07) is 2.86. The van der Waals surface area contributed by atoms with Gasteiger partial charge in [-0.3, -0.25) is 0 Å². The molecular formula is C13H12ClFN4S. The smallest absolute Gasteiger partial charge is 0.201 e. The van der Waals surface area contributed by atoms with Crippen molar-refractivity contribution in [3.63, 3.8) is 0 Å². The highest BCUT2D eigenvalue weighted by atomic mass is 35.5. The van der Waals surface area contributed by atoms with E-state index in [4.69, 9.17) is 17.3 Å². The van der Waals surface area contributed by atoms with Gasteiger partial charge in [-0.2, -0.15) is 0 Å². The molecule has 0 saturated heterocycles. The van der Waals surface area contributed by atoms with Crippen LogP contribution in [0.4, 0.5) is 10.3 Å². The van der Waals surface area contributed by atoms with Gasteiger partial charge in [0.2, 0.25) is 5.95 Å². The van der Waals surface area contributed by atoms with Crippen molar-refractivity contribution >= 4 is 39.9 Å². The van der Waals surface area contributed by atoms with Crippen LogP contribution in [-0.2, 0) is 13.0 Å². The third kappa shape index (κ3) is 2.36. The summed E-state index contributed by atoms with van der Waals surface area (Å²) in [5, 5.41) is 3.13. The fraction of sp³-hybridized carbons (Fsp3) is 0.231. The molecule has 0 aliphatic heterocycles. The van der Waals surface area contributed by atoms with Gasteiger partial charge < -0.3 is 10.3 Å². The van der Waals surface area contributed by atoms with Gasteiger partial charge in [0.1, 0.15) is 5.82 Å². The Balaban J connectivity index is 1.94. The summed E-state index contributed by atoms with van der Waals surface area (Å²) in [7, 11) is 0. The van der Waals surface area contributed by atoms with Crippen LogP contribution in [0.25, 0.3) is 11.0 Å². The largest absolute Gasteiger partial charge is 0.369 e. The number of thiazole rings is 1. The van der Waals surface area contributed by atoms with Crippen LogP contribution in [0.1, 0.15) is 10.7 Å². The average molecular weight is 311 g/mol. The van der Waals surface area contributed by atoms with Crippen LogP contribution < -0.4 is 5.73 Å². The lowest BCUT2D eigenvalue weighted by atomic mass is 10.3. The summed E-state index contributed by atoms with van der Waals surface area (Å²) in [4.78, 5) is 8.57. The maximum atomic E-state index is 13.4. The van der Waals surface area contributed by atoms with E-state index < -0.39 is 5.82 Å². The van der Waals surface area contributed by atoms with E-state index in [9.17, 15) is 4.39 Å². The second-order valence-corrected chi connectivity index (χ2v) is 5.95. The van der Waals surface area contributed by atoms with E-state index in [1.54, 1.807) is 17.4 Å². The minimum absolute atomic E-state index is 0.0724. The van der Waals surface area contributed by atoms with Gasteiger partial charge in [0, 0.05) is 24.4 Å². The van der Waals surface area contributed by atoms with Crippen molar-refractivity contribution in [1.82, 2.24) is 14.5 Å². The average Bonchev–Trinajstić information content (AvgIpc) is 2.92. The minimum atomic E-state index is -0.487. The number of rotatable bonds is 3. The number of hydrogen-bond acceptors (Lipinski definition) is 4. The van der Waals surface area contributed by atoms with Gasteiger partial charge in [-0.1, -0.05) is 11.6 Å². The van der Waals surface area contributed by atoms with Crippen LogP contribution in [0.2, 0.25) is 5.02 Å². The van der Waals surface area contributed by atoms with Gasteiger partial charge in [-0.25, -0.2) is 14.4 Å². The molecule has 0 aliphatic rings. The predicted octanol–water partition coefficient (Wildman–Crippen LogP) is 3.42. The van der Waals surface area contributed by atoms with Crippen molar-refractivity contribution in [3.05, 3.63) is 39.1 Å². The van der Waals surface area contributed by atoms with Gasteiger partial charge in [-0.05, 0) is 13.0 Å². The Labute approximate surface area is 124 Å². The molecule has 1 aromatic carbocycles. The molecule has 7 heteroatoms. The van der Waals surface area contributed by atoms with E-state index in [-0.39, 0.29) is 5.02 Å². The van der Waals surface area contributed by atoms with Crippen LogP contribution in [0, 0.1) is 12.7 Å². The van der Waals surface area contributed by atoms with Crippen LogP contribution >= 0.6 is 22.9 Å². The third-order valence-corrected chi connectivity index (χ3v) is 4.19. The Bertz CT molecular complexity index is 780. The number of nitrogen functional groups attached to an aromatic ring is 1. The summed E-state index contributed by atoms with van der Waals surface area (Å²) in [6.07, 6.45) is 0.745. The molecule has 3 rings (SSSR count). The molecule has 0 amide bonds. The molecule has 20 heavy (non-hydrogen) atoms. The molecule has 3 aromatic rings. The first kappa shape index (κ1) is 13.3. The zero-order valence-corrected chi connectivity index (χ0v) is 12.3. The second kappa shape index (κ2) is 5.03. The second-order valence-electron chi connectivity index (χ2n) is 4.48. The van der Waals surface area contributed by atoms with Gasteiger partial charge in [-0.15, -0.1) is 11.3 Å². The lowest BCUT2D eigenvalue weighted by molar-refractivity contribution is 0.629. The maximum Gasteiger partial charge on any atom is 0.201 e.